The minimum absolute atomic E-state index is 0.220. The monoisotopic (exact) mass is 292 g/mol. The summed E-state index contributed by atoms with van der Waals surface area (Å²) in [4.78, 5) is 28.9. The van der Waals surface area contributed by atoms with E-state index in [9.17, 15) is 9.59 Å². The molecular weight excluding hydrogens is 280 g/mol. The van der Waals surface area contributed by atoms with Gasteiger partial charge in [0.1, 0.15) is 5.69 Å². The molecule has 0 aliphatic carbocycles. The molecule has 1 N–H and O–H groups in total. The van der Waals surface area contributed by atoms with Crippen molar-refractivity contribution in [2.24, 2.45) is 5.92 Å². The number of aromatic nitrogens is 1. The van der Waals surface area contributed by atoms with Crippen LogP contribution in [0.1, 0.15) is 16.9 Å². The second-order valence-corrected chi connectivity index (χ2v) is 5.45. The van der Waals surface area contributed by atoms with Crippen LogP contribution in [-0.4, -0.2) is 40.0 Å². The SMILES string of the molecule is O=C(O)C1CCN(C(=O)c2csc(-c3ccco3)n2)C1. The Morgan fingerprint density at radius 2 is 2.35 bits per heavy atom. The van der Waals surface area contributed by atoms with E-state index in [1.54, 1.807) is 28.7 Å². The van der Waals surface area contributed by atoms with Gasteiger partial charge in [0.2, 0.25) is 0 Å². The van der Waals surface area contributed by atoms with Crippen LogP contribution in [0.25, 0.3) is 10.8 Å². The number of carbonyl (C=O) groups excluding carboxylic acids is 1. The maximum absolute atomic E-state index is 12.2. The van der Waals surface area contributed by atoms with Crippen LogP contribution in [0.2, 0.25) is 0 Å². The molecule has 104 valence electrons. The lowest BCUT2D eigenvalue weighted by Crippen LogP contribution is -2.30. The first-order valence-electron chi connectivity index (χ1n) is 6.16. The molecule has 0 bridgehead atoms. The average molecular weight is 292 g/mol. The molecule has 1 aliphatic rings. The number of carboxylic acid groups (broad SMARTS) is 1. The van der Waals surface area contributed by atoms with Crippen molar-refractivity contribution in [2.45, 2.75) is 6.42 Å². The van der Waals surface area contributed by atoms with Gasteiger partial charge in [0.05, 0.1) is 12.2 Å². The molecule has 2 aromatic rings. The van der Waals surface area contributed by atoms with Crippen LogP contribution in [0, 0.1) is 5.92 Å². The van der Waals surface area contributed by atoms with Crippen molar-refractivity contribution in [1.29, 1.82) is 0 Å². The molecule has 1 saturated heterocycles. The number of rotatable bonds is 3. The number of nitrogens with zero attached hydrogens (tertiary/aromatic N) is 2. The van der Waals surface area contributed by atoms with E-state index in [0.717, 1.165) is 0 Å². The van der Waals surface area contributed by atoms with Crippen molar-refractivity contribution in [1.82, 2.24) is 9.88 Å². The second-order valence-electron chi connectivity index (χ2n) is 4.59. The Hall–Kier alpha value is -2.15. The van der Waals surface area contributed by atoms with Gasteiger partial charge in [0, 0.05) is 18.5 Å². The Bertz CT molecular complexity index is 635. The Balaban J connectivity index is 1.74. The van der Waals surface area contributed by atoms with E-state index < -0.39 is 11.9 Å². The lowest BCUT2D eigenvalue weighted by atomic mass is 10.1. The minimum Gasteiger partial charge on any atom is -0.481 e. The Kier molecular flexibility index (Phi) is 3.27. The molecule has 0 aromatic carbocycles. The van der Waals surface area contributed by atoms with Gasteiger partial charge in [-0.3, -0.25) is 9.59 Å². The fourth-order valence-corrected chi connectivity index (χ4v) is 2.95. The standard InChI is InChI=1S/C13H12N2O4S/c16-12(15-4-3-8(6-15)13(17)18)9-7-20-11(14-9)10-2-1-5-19-10/h1-2,5,7-8H,3-4,6H2,(H,17,18). The van der Waals surface area contributed by atoms with Gasteiger partial charge >= 0.3 is 5.97 Å². The summed E-state index contributed by atoms with van der Waals surface area (Å²) in [6.07, 6.45) is 2.05. The van der Waals surface area contributed by atoms with Crippen LogP contribution in [0.3, 0.4) is 0 Å². The number of hydrogen-bond acceptors (Lipinski definition) is 5. The lowest BCUT2D eigenvalue weighted by Gasteiger charge is -2.13. The summed E-state index contributed by atoms with van der Waals surface area (Å²) in [5.41, 5.74) is 0.340. The van der Waals surface area contributed by atoms with E-state index in [1.807, 2.05) is 0 Å². The molecule has 1 fully saturated rings. The van der Waals surface area contributed by atoms with E-state index in [1.165, 1.54) is 11.3 Å². The number of furan rings is 1. The van der Waals surface area contributed by atoms with Crippen molar-refractivity contribution >= 4 is 23.2 Å². The van der Waals surface area contributed by atoms with Gasteiger partial charge in [-0.25, -0.2) is 4.98 Å². The smallest absolute Gasteiger partial charge is 0.308 e. The molecule has 0 saturated carbocycles. The van der Waals surface area contributed by atoms with Gasteiger partial charge in [0.25, 0.3) is 5.91 Å². The predicted molar refractivity (Wildman–Crippen MR) is 71.5 cm³/mol. The molecule has 0 spiro atoms. The van der Waals surface area contributed by atoms with Gasteiger partial charge in [-0.05, 0) is 18.6 Å². The molecule has 7 heteroatoms. The summed E-state index contributed by atoms with van der Waals surface area (Å²) in [5.74, 6) is -0.918. The first kappa shape index (κ1) is 12.9. The highest BCUT2D eigenvalue weighted by atomic mass is 32.1. The number of carbonyl (C=O) groups is 2. The van der Waals surface area contributed by atoms with E-state index >= 15 is 0 Å². The second kappa shape index (κ2) is 5.09. The van der Waals surface area contributed by atoms with Crippen LogP contribution in [-0.2, 0) is 4.79 Å². The number of aliphatic carboxylic acids is 1. The van der Waals surface area contributed by atoms with Crippen molar-refractivity contribution < 1.29 is 19.1 Å². The first-order valence-corrected chi connectivity index (χ1v) is 7.04. The summed E-state index contributed by atoms with van der Waals surface area (Å²) in [6, 6.07) is 3.54. The Morgan fingerprint density at radius 3 is 3.00 bits per heavy atom. The Labute approximate surface area is 118 Å². The number of carboxylic acids is 1. The zero-order valence-corrected chi connectivity index (χ0v) is 11.3. The summed E-state index contributed by atoms with van der Waals surface area (Å²) in [6.45, 7) is 0.713. The molecule has 1 unspecified atom stereocenters. The van der Waals surface area contributed by atoms with Crippen molar-refractivity contribution in [2.75, 3.05) is 13.1 Å². The van der Waals surface area contributed by atoms with Gasteiger partial charge in [-0.15, -0.1) is 11.3 Å². The van der Waals surface area contributed by atoms with Gasteiger partial charge < -0.3 is 14.4 Å². The molecule has 6 nitrogen and oxygen atoms in total. The number of hydrogen-bond donors (Lipinski definition) is 1. The van der Waals surface area contributed by atoms with Crippen molar-refractivity contribution in [3.8, 4) is 10.8 Å². The van der Waals surface area contributed by atoms with Crippen LogP contribution >= 0.6 is 11.3 Å². The maximum Gasteiger partial charge on any atom is 0.308 e. The topological polar surface area (TPSA) is 83.6 Å². The summed E-state index contributed by atoms with van der Waals surface area (Å²) in [7, 11) is 0. The quantitative estimate of drug-likeness (QED) is 0.934. The van der Waals surface area contributed by atoms with Crippen molar-refractivity contribution in [3.63, 3.8) is 0 Å². The van der Waals surface area contributed by atoms with Crippen molar-refractivity contribution in [3.05, 3.63) is 29.5 Å². The highest BCUT2D eigenvalue weighted by Gasteiger charge is 2.32. The molecule has 3 heterocycles. The zero-order chi connectivity index (χ0) is 14.1. The molecule has 2 aromatic heterocycles. The van der Waals surface area contributed by atoms with Crippen LogP contribution in [0.5, 0.6) is 0 Å². The summed E-state index contributed by atoms with van der Waals surface area (Å²) >= 11 is 1.33. The number of thiazole rings is 1. The highest BCUT2D eigenvalue weighted by Crippen LogP contribution is 2.25. The molecule has 0 radical (unpaired) electrons. The molecule has 1 amide bonds. The fourth-order valence-electron chi connectivity index (χ4n) is 2.19. The van der Waals surface area contributed by atoms with E-state index in [2.05, 4.69) is 4.98 Å². The maximum atomic E-state index is 12.2. The average Bonchev–Trinajstić information content (AvgIpc) is 3.17. The predicted octanol–water partition coefficient (Wildman–Crippen LogP) is 1.95. The Morgan fingerprint density at radius 1 is 1.50 bits per heavy atom. The molecule has 3 rings (SSSR count). The molecule has 1 aliphatic heterocycles. The fraction of sp³-hybridized carbons (Fsp3) is 0.308. The van der Waals surface area contributed by atoms with Gasteiger partial charge in [-0.2, -0.15) is 0 Å². The number of likely N-dealkylation sites (tertiary alicyclic amines) is 1. The van der Waals surface area contributed by atoms with Crippen LogP contribution in [0.4, 0.5) is 0 Å². The zero-order valence-electron chi connectivity index (χ0n) is 10.5. The van der Waals surface area contributed by atoms with Crippen LogP contribution in [0.15, 0.2) is 28.2 Å². The molecule has 1 atom stereocenters. The summed E-state index contributed by atoms with van der Waals surface area (Å²) < 4.78 is 5.23. The third-order valence-electron chi connectivity index (χ3n) is 3.28. The first-order chi connectivity index (χ1) is 9.65. The van der Waals surface area contributed by atoms with E-state index in [0.29, 0.717) is 29.4 Å². The normalized spacial score (nSPS) is 18.4. The van der Waals surface area contributed by atoms with E-state index in [4.69, 9.17) is 9.52 Å². The lowest BCUT2D eigenvalue weighted by molar-refractivity contribution is -0.141. The molecular formula is C13H12N2O4S. The molecule has 20 heavy (non-hydrogen) atoms. The minimum atomic E-state index is -0.852. The number of amides is 1. The third-order valence-corrected chi connectivity index (χ3v) is 4.14. The third kappa shape index (κ3) is 2.32. The van der Waals surface area contributed by atoms with Gasteiger partial charge in [-0.1, -0.05) is 0 Å². The highest BCUT2D eigenvalue weighted by molar-refractivity contribution is 7.13. The summed E-state index contributed by atoms with van der Waals surface area (Å²) in [5, 5.41) is 11.3. The largest absolute Gasteiger partial charge is 0.481 e. The van der Waals surface area contributed by atoms with Crippen LogP contribution < -0.4 is 0 Å². The van der Waals surface area contributed by atoms with E-state index in [-0.39, 0.29) is 12.5 Å². The van der Waals surface area contributed by atoms with Gasteiger partial charge in [0.15, 0.2) is 10.8 Å².